The number of ether oxygens (including phenoxy) is 1. The maximum Gasteiger partial charge on any atom is 0.197 e. The number of rotatable bonds is 19. The maximum atomic E-state index is 11.4. The Morgan fingerprint density at radius 1 is 0.706 bits per heavy atom. The number of aryl methyl sites for hydroxylation is 1. The van der Waals surface area contributed by atoms with Crippen LogP contribution in [0.25, 0.3) is 0 Å². The Kier molecular flexibility index (Phi) is 15.3. The zero-order chi connectivity index (χ0) is 37.5. The summed E-state index contributed by atoms with van der Waals surface area (Å²) in [5.41, 5.74) is 0.000515. The van der Waals surface area contributed by atoms with E-state index in [2.05, 4.69) is 72.3 Å². The van der Waals surface area contributed by atoms with Gasteiger partial charge in [0.2, 0.25) is 0 Å². The fourth-order valence-electron chi connectivity index (χ4n) is 10.2. The Morgan fingerprint density at radius 3 is 1.78 bits per heavy atom. The minimum Gasteiger partial charge on any atom is -0.494 e. The Morgan fingerprint density at radius 2 is 1.24 bits per heavy atom. The lowest BCUT2D eigenvalue weighted by atomic mass is 9.76. The van der Waals surface area contributed by atoms with Crippen molar-refractivity contribution in [3.63, 3.8) is 0 Å². The van der Waals surface area contributed by atoms with E-state index in [9.17, 15) is 15.3 Å². The highest BCUT2D eigenvalue weighted by Gasteiger charge is 2.49. The fraction of sp³-hybridized carbons (Fsp3) is 0.907. The van der Waals surface area contributed by atoms with Crippen LogP contribution < -0.4 is 0 Å². The van der Waals surface area contributed by atoms with E-state index in [1.54, 1.807) is 10.6 Å². The third kappa shape index (κ3) is 11.6. The molecule has 1 aromatic heterocycles. The lowest BCUT2D eigenvalue weighted by Crippen LogP contribution is -2.63. The molecule has 0 aromatic carbocycles. The summed E-state index contributed by atoms with van der Waals surface area (Å²) in [6.07, 6.45) is 22.7. The quantitative estimate of drug-likeness (QED) is 0.123. The normalized spacial score (nSPS) is 23.9. The highest BCUT2D eigenvalue weighted by Crippen LogP contribution is 2.47. The van der Waals surface area contributed by atoms with Crippen molar-refractivity contribution in [2.45, 2.75) is 237 Å². The molecular weight excluding hydrogens is 638 g/mol. The topological polar surface area (TPSA) is 90.6 Å². The first-order chi connectivity index (χ1) is 24.0. The molecule has 0 radical (unpaired) electrons. The van der Waals surface area contributed by atoms with E-state index in [4.69, 9.17) is 9.57 Å². The highest BCUT2D eigenvalue weighted by atomic mass is 16.7. The SMILES string of the molecule is CCCCCCCCCCCCc1cc(O)n(C2CC(C)(C)N(CC(O)COC3CC(C)(C)N(OC4CCCCC4)C(C)(C)C3)C(C)(C)C2)c1O. The van der Waals surface area contributed by atoms with Gasteiger partial charge in [0.15, 0.2) is 11.8 Å². The molecule has 51 heavy (non-hydrogen) atoms. The van der Waals surface area contributed by atoms with Gasteiger partial charge in [0.1, 0.15) is 0 Å². The number of likely N-dealkylation sites (tertiary alicyclic amines) is 1. The maximum absolute atomic E-state index is 11.4. The van der Waals surface area contributed by atoms with Gasteiger partial charge < -0.3 is 20.1 Å². The predicted octanol–water partition coefficient (Wildman–Crippen LogP) is 10.2. The van der Waals surface area contributed by atoms with Crippen molar-refractivity contribution in [2.75, 3.05) is 13.2 Å². The molecule has 3 aliphatic rings. The lowest BCUT2D eigenvalue weighted by Gasteiger charge is -2.56. The molecule has 2 aliphatic heterocycles. The number of piperidine rings is 2. The number of unbranched alkanes of at least 4 members (excludes halogenated alkanes) is 9. The van der Waals surface area contributed by atoms with Crippen LogP contribution in [0.2, 0.25) is 0 Å². The molecule has 0 amide bonds. The second-order valence-electron chi connectivity index (χ2n) is 19.3. The van der Waals surface area contributed by atoms with Crippen molar-refractivity contribution in [1.29, 1.82) is 0 Å². The fourth-order valence-corrected chi connectivity index (χ4v) is 10.2. The summed E-state index contributed by atoms with van der Waals surface area (Å²) >= 11 is 0. The van der Waals surface area contributed by atoms with Crippen LogP contribution in [0.4, 0.5) is 0 Å². The first kappa shape index (κ1) is 42.4. The number of aliphatic hydroxyl groups excluding tert-OH is 1. The van der Waals surface area contributed by atoms with Gasteiger partial charge in [0.25, 0.3) is 0 Å². The second-order valence-corrected chi connectivity index (χ2v) is 19.3. The number of aromatic hydroxyl groups is 2. The van der Waals surface area contributed by atoms with E-state index >= 15 is 0 Å². The van der Waals surface area contributed by atoms with Gasteiger partial charge in [-0.25, -0.2) is 0 Å². The summed E-state index contributed by atoms with van der Waals surface area (Å²) in [4.78, 5) is 9.09. The molecule has 1 aliphatic carbocycles. The monoisotopic (exact) mass is 718 g/mol. The smallest absolute Gasteiger partial charge is 0.197 e. The van der Waals surface area contributed by atoms with Gasteiger partial charge in [-0.2, -0.15) is 5.06 Å². The van der Waals surface area contributed by atoms with Crippen LogP contribution >= 0.6 is 0 Å². The first-order valence-corrected chi connectivity index (χ1v) is 21.1. The number of hydroxylamine groups is 2. The van der Waals surface area contributed by atoms with Gasteiger partial charge in [-0.1, -0.05) is 84.0 Å². The molecule has 8 heteroatoms. The Bertz CT molecular complexity index is 1150. The zero-order valence-corrected chi connectivity index (χ0v) is 34.4. The number of hydrogen-bond donors (Lipinski definition) is 3. The van der Waals surface area contributed by atoms with Crippen LogP contribution in [-0.2, 0) is 16.0 Å². The molecule has 296 valence electrons. The van der Waals surface area contributed by atoms with Crippen molar-refractivity contribution in [3.8, 4) is 11.8 Å². The van der Waals surface area contributed by atoms with E-state index < -0.39 is 6.10 Å². The second kappa shape index (κ2) is 18.3. The average Bonchev–Trinajstić information content (AvgIpc) is 3.32. The van der Waals surface area contributed by atoms with Gasteiger partial charge >= 0.3 is 0 Å². The van der Waals surface area contributed by atoms with Crippen LogP contribution in [-0.4, -0.2) is 83.5 Å². The molecule has 4 rings (SSSR count). The van der Waals surface area contributed by atoms with Crippen LogP contribution in [0, 0.1) is 0 Å². The Hall–Kier alpha value is -1.32. The molecule has 1 aromatic rings. The van der Waals surface area contributed by atoms with Crippen molar-refractivity contribution in [2.24, 2.45) is 0 Å². The molecule has 1 saturated carbocycles. The zero-order valence-electron chi connectivity index (χ0n) is 34.4. The molecule has 0 bridgehead atoms. The lowest BCUT2D eigenvalue weighted by molar-refractivity contribution is -0.320. The molecule has 3 heterocycles. The molecular formula is C43H79N3O5. The molecule has 3 N–H and O–H groups in total. The molecule has 3 fully saturated rings. The largest absolute Gasteiger partial charge is 0.494 e. The van der Waals surface area contributed by atoms with Crippen LogP contribution in [0.15, 0.2) is 6.07 Å². The van der Waals surface area contributed by atoms with Crippen LogP contribution in [0.3, 0.4) is 0 Å². The summed E-state index contributed by atoms with van der Waals surface area (Å²) in [6, 6.07) is 1.75. The standard InChI is InChI=1S/C43H79N3O5/c1-10-11-12-13-14-15-16-17-18-20-23-33-26-38(48)45(39(33)49)34-27-40(2,3)44(41(4,5)28-34)31-35(47)32-50-37-29-42(6,7)46(43(8,9)30-37)51-36-24-21-19-22-25-36/h26,34-37,47-49H,10-25,27-32H2,1-9H3. The Labute approximate surface area is 312 Å². The average molecular weight is 718 g/mol. The van der Waals surface area contributed by atoms with Gasteiger partial charge in [0, 0.05) is 46.4 Å². The number of hydrogen-bond acceptors (Lipinski definition) is 7. The van der Waals surface area contributed by atoms with E-state index in [0.29, 0.717) is 19.3 Å². The van der Waals surface area contributed by atoms with Gasteiger partial charge in [-0.05, 0) is 107 Å². The molecule has 2 saturated heterocycles. The third-order valence-corrected chi connectivity index (χ3v) is 12.4. The van der Waals surface area contributed by atoms with Crippen LogP contribution in [0.1, 0.15) is 196 Å². The van der Waals surface area contributed by atoms with Gasteiger partial charge in [-0.15, -0.1) is 0 Å². The molecule has 0 spiro atoms. The predicted molar refractivity (Wildman–Crippen MR) is 209 cm³/mol. The highest BCUT2D eigenvalue weighted by molar-refractivity contribution is 5.36. The molecule has 8 nitrogen and oxygen atoms in total. The van der Waals surface area contributed by atoms with E-state index in [-0.39, 0.29) is 46.1 Å². The number of β-amino-alcohol motifs (C(OH)–C–C–N with tert-alkyl or cyclic N) is 1. The van der Waals surface area contributed by atoms with Crippen LogP contribution in [0.5, 0.6) is 11.8 Å². The van der Waals surface area contributed by atoms with Crippen molar-refractivity contribution in [3.05, 3.63) is 11.6 Å². The van der Waals surface area contributed by atoms with Gasteiger partial charge in [-0.3, -0.25) is 14.3 Å². The van der Waals surface area contributed by atoms with Gasteiger partial charge in [0.05, 0.1) is 24.9 Å². The summed E-state index contributed by atoms with van der Waals surface area (Å²) in [5, 5.41) is 36.1. The van der Waals surface area contributed by atoms with E-state index in [0.717, 1.165) is 63.4 Å². The summed E-state index contributed by atoms with van der Waals surface area (Å²) in [5.74, 6) is 0.386. The number of nitrogens with zero attached hydrogens (tertiary/aromatic N) is 3. The number of aromatic nitrogens is 1. The molecule has 1 unspecified atom stereocenters. The molecule has 1 atom stereocenters. The summed E-state index contributed by atoms with van der Waals surface area (Å²) in [7, 11) is 0. The van der Waals surface area contributed by atoms with Crippen molar-refractivity contribution >= 4 is 0 Å². The van der Waals surface area contributed by atoms with Crippen molar-refractivity contribution < 1.29 is 24.9 Å². The van der Waals surface area contributed by atoms with E-state index in [1.807, 2.05) is 0 Å². The van der Waals surface area contributed by atoms with E-state index in [1.165, 1.54) is 70.6 Å². The summed E-state index contributed by atoms with van der Waals surface area (Å²) in [6.45, 7) is 21.0. The first-order valence-electron chi connectivity index (χ1n) is 21.1. The summed E-state index contributed by atoms with van der Waals surface area (Å²) < 4.78 is 8.28. The minimum absolute atomic E-state index is 0.0356. The number of aliphatic hydroxyl groups is 1. The van der Waals surface area contributed by atoms with Crippen molar-refractivity contribution in [1.82, 2.24) is 14.5 Å². The Balaban J connectivity index is 1.27. The minimum atomic E-state index is -0.621. The third-order valence-electron chi connectivity index (χ3n) is 12.4.